The smallest absolute Gasteiger partial charge is 0.404 e. The highest BCUT2D eigenvalue weighted by molar-refractivity contribution is 6.74. The van der Waals surface area contributed by atoms with Gasteiger partial charge in [0.25, 0.3) is 0 Å². The minimum Gasteiger partial charge on any atom is -0.445 e. The average molecular weight is 245 g/mol. The predicted molar refractivity (Wildman–Crippen MR) is 67.8 cm³/mol. The van der Waals surface area contributed by atoms with E-state index >= 15 is 0 Å². The molecule has 0 aliphatic carbocycles. The van der Waals surface area contributed by atoms with Crippen LogP contribution in [0.5, 0.6) is 0 Å². The zero-order chi connectivity index (χ0) is 13.0. The van der Waals surface area contributed by atoms with Gasteiger partial charge in [0.1, 0.15) is 6.61 Å². The van der Waals surface area contributed by atoms with Gasteiger partial charge >= 0.3 is 6.09 Å². The number of carbonyl (C=O) groups excluding carboxylic acids is 1. The van der Waals surface area contributed by atoms with Gasteiger partial charge in [-0.05, 0) is 23.7 Å². The fourth-order valence-corrected chi connectivity index (χ4v) is 1.71. The number of rotatable bonds is 5. The van der Waals surface area contributed by atoms with Gasteiger partial charge < -0.3 is 14.9 Å². The first kappa shape index (κ1) is 15.2. The van der Waals surface area contributed by atoms with Gasteiger partial charge in [-0.15, -0.1) is 0 Å². The van der Waals surface area contributed by atoms with Crippen LogP contribution in [-0.2, 0) is 9.16 Å². The molecule has 0 saturated carbocycles. The van der Waals surface area contributed by atoms with E-state index in [1.807, 2.05) is 0 Å². The number of ether oxygens (including phenoxy) is 1. The molecule has 0 fully saturated rings. The Morgan fingerprint density at radius 3 is 2.19 bits per heavy atom. The van der Waals surface area contributed by atoms with E-state index < -0.39 is 14.4 Å². The second-order valence-corrected chi connectivity index (χ2v) is 10.2. The second-order valence-electron chi connectivity index (χ2n) is 5.41. The maximum absolute atomic E-state index is 10.4. The lowest BCUT2D eigenvalue weighted by Gasteiger charge is -2.36. The third-order valence-corrected chi connectivity index (χ3v) is 7.34. The minimum absolute atomic E-state index is 0.129. The van der Waals surface area contributed by atoms with E-state index in [1.54, 1.807) is 0 Å². The van der Waals surface area contributed by atoms with Crippen LogP contribution >= 0.6 is 0 Å². The van der Waals surface area contributed by atoms with Crippen LogP contribution in [0.2, 0.25) is 18.1 Å². The maximum Gasteiger partial charge on any atom is 0.404 e. The van der Waals surface area contributed by atoms with Crippen LogP contribution in [-0.4, -0.2) is 27.6 Å². The van der Waals surface area contributed by atoms with Crippen molar-refractivity contribution in [3.05, 3.63) is 12.2 Å². The summed E-state index contributed by atoms with van der Waals surface area (Å²) in [6.07, 6.45) is -0.784. The van der Waals surface area contributed by atoms with Crippen molar-refractivity contribution in [2.45, 2.75) is 38.9 Å². The number of nitrogens with two attached hydrogens (primary N) is 1. The maximum atomic E-state index is 10.4. The topological polar surface area (TPSA) is 61.5 Å². The van der Waals surface area contributed by atoms with Crippen molar-refractivity contribution in [3.8, 4) is 0 Å². The van der Waals surface area contributed by atoms with Crippen LogP contribution in [0, 0.1) is 0 Å². The van der Waals surface area contributed by atoms with Crippen molar-refractivity contribution in [1.82, 2.24) is 0 Å². The molecule has 0 heterocycles. The van der Waals surface area contributed by atoms with Crippen LogP contribution in [0.4, 0.5) is 4.79 Å². The van der Waals surface area contributed by atoms with Gasteiger partial charge in [0.15, 0.2) is 8.32 Å². The molecule has 0 aromatic rings. The van der Waals surface area contributed by atoms with Crippen molar-refractivity contribution in [1.29, 1.82) is 0 Å². The predicted octanol–water partition coefficient (Wildman–Crippen LogP) is 2.66. The van der Waals surface area contributed by atoms with Crippen molar-refractivity contribution in [3.63, 3.8) is 0 Å². The Balaban J connectivity index is 4.06. The normalized spacial score (nSPS) is 12.3. The summed E-state index contributed by atoms with van der Waals surface area (Å²) in [4.78, 5) is 10.4. The van der Waals surface area contributed by atoms with Gasteiger partial charge in [-0.3, -0.25) is 0 Å². The molecule has 0 radical (unpaired) electrons. The van der Waals surface area contributed by atoms with Gasteiger partial charge in [0.05, 0.1) is 6.61 Å². The zero-order valence-electron chi connectivity index (χ0n) is 10.9. The number of hydrogen-bond acceptors (Lipinski definition) is 3. The van der Waals surface area contributed by atoms with Gasteiger partial charge in [-0.2, -0.15) is 0 Å². The summed E-state index contributed by atoms with van der Waals surface area (Å²) < 4.78 is 10.5. The Bertz CT molecular complexity index is 269. The van der Waals surface area contributed by atoms with Crippen LogP contribution in [0.25, 0.3) is 0 Å². The van der Waals surface area contributed by atoms with E-state index in [1.165, 1.54) is 0 Å². The molecular formula is C11H23NO3Si. The molecule has 0 aromatic carbocycles. The Labute approximate surface area is 98.9 Å². The summed E-state index contributed by atoms with van der Waals surface area (Å²) in [5, 5.41) is 0.165. The summed E-state index contributed by atoms with van der Waals surface area (Å²) in [6.45, 7) is 15.2. The van der Waals surface area contributed by atoms with E-state index in [9.17, 15) is 4.79 Å². The molecule has 0 unspecified atom stereocenters. The monoisotopic (exact) mass is 245 g/mol. The third kappa shape index (κ3) is 5.32. The largest absolute Gasteiger partial charge is 0.445 e. The van der Waals surface area contributed by atoms with E-state index in [-0.39, 0.29) is 11.6 Å². The molecule has 0 rings (SSSR count). The lowest BCUT2D eigenvalue weighted by Crippen LogP contribution is -2.41. The molecule has 0 aromatic heterocycles. The fourth-order valence-electron chi connectivity index (χ4n) is 0.714. The number of amides is 1. The van der Waals surface area contributed by atoms with Crippen molar-refractivity contribution >= 4 is 14.4 Å². The lowest BCUT2D eigenvalue weighted by molar-refractivity contribution is 0.162. The van der Waals surface area contributed by atoms with Crippen LogP contribution in [0.1, 0.15) is 20.8 Å². The Morgan fingerprint density at radius 2 is 1.81 bits per heavy atom. The molecule has 0 aliphatic rings. The Kier molecular flexibility index (Phi) is 5.22. The molecule has 5 heteroatoms. The fraction of sp³-hybridized carbons (Fsp3) is 0.727. The van der Waals surface area contributed by atoms with Crippen molar-refractivity contribution < 1.29 is 14.0 Å². The zero-order valence-corrected chi connectivity index (χ0v) is 11.9. The van der Waals surface area contributed by atoms with E-state index in [4.69, 9.17) is 10.2 Å². The van der Waals surface area contributed by atoms with E-state index in [2.05, 4.69) is 45.2 Å². The van der Waals surface area contributed by atoms with Crippen molar-refractivity contribution in [2.24, 2.45) is 5.73 Å². The number of primary amides is 1. The van der Waals surface area contributed by atoms with Crippen LogP contribution in [0.3, 0.4) is 0 Å². The molecule has 0 atom stereocenters. The molecule has 2 N–H and O–H groups in total. The van der Waals surface area contributed by atoms with Crippen LogP contribution in [0.15, 0.2) is 12.2 Å². The third-order valence-electron chi connectivity index (χ3n) is 2.86. The molecule has 1 amide bonds. The molecule has 94 valence electrons. The minimum atomic E-state index is -1.76. The highest BCUT2D eigenvalue weighted by Gasteiger charge is 2.37. The van der Waals surface area contributed by atoms with Crippen molar-refractivity contribution in [2.75, 3.05) is 13.2 Å². The molecule has 0 aliphatic heterocycles. The summed E-state index contributed by atoms with van der Waals surface area (Å²) in [6, 6.07) is 0. The lowest BCUT2D eigenvalue weighted by atomic mass is 10.2. The standard InChI is InChI=1S/C11H23NO3Si/c1-9(7-14-10(12)13)8-15-16(5,6)11(2,3)4/h1,7-8H2,2-6H3,(H2,12,13). The molecule has 0 saturated heterocycles. The van der Waals surface area contributed by atoms with Gasteiger partial charge in [0.2, 0.25) is 0 Å². The van der Waals surface area contributed by atoms with Gasteiger partial charge in [-0.25, -0.2) is 4.79 Å². The number of carbonyl (C=O) groups is 1. The van der Waals surface area contributed by atoms with E-state index in [0.29, 0.717) is 6.61 Å². The quantitative estimate of drug-likeness (QED) is 0.598. The SMILES string of the molecule is C=C(COC(N)=O)CO[Si](C)(C)C(C)(C)C. The number of hydrogen-bond donors (Lipinski definition) is 1. The second kappa shape index (κ2) is 5.50. The molecule has 4 nitrogen and oxygen atoms in total. The first-order chi connectivity index (χ1) is 7.06. The Morgan fingerprint density at radius 1 is 1.31 bits per heavy atom. The molecular weight excluding hydrogens is 222 g/mol. The molecule has 16 heavy (non-hydrogen) atoms. The van der Waals surface area contributed by atoms with Crippen LogP contribution < -0.4 is 5.73 Å². The highest BCUT2D eigenvalue weighted by Crippen LogP contribution is 2.36. The highest BCUT2D eigenvalue weighted by atomic mass is 28.4. The summed E-state index contributed by atoms with van der Waals surface area (Å²) in [5.41, 5.74) is 5.58. The summed E-state index contributed by atoms with van der Waals surface area (Å²) in [7, 11) is -1.76. The Hall–Kier alpha value is -0.813. The molecule has 0 spiro atoms. The average Bonchev–Trinajstić information content (AvgIpc) is 2.09. The van der Waals surface area contributed by atoms with Gasteiger partial charge in [-0.1, -0.05) is 27.4 Å². The first-order valence-electron chi connectivity index (χ1n) is 5.29. The molecule has 0 bridgehead atoms. The summed E-state index contributed by atoms with van der Waals surface area (Å²) >= 11 is 0. The van der Waals surface area contributed by atoms with E-state index in [0.717, 1.165) is 5.57 Å². The van der Waals surface area contributed by atoms with Gasteiger partial charge in [0, 0.05) is 0 Å². The summed E-state index contributed by atoms with van der Waals surface area (Å²) in [5.74, 6) is 0. The first-order valence-corrected chi connectivity index (χ1v) is 8.20.